The second kappa shape index (κ2) is 5.06. The van der Waals surface area contributed by atoms with Crippen LogP contribution in [0.5, 0.6) is 5.75 Å². The number of para-hydroxylation sites is 1. The third kappa shape index (κ3) is 2.24. The quantitative estimate of drug-likeness (QED) is 0.909. The Hall–Kier alpha value is -1.80. The fourth-order valence-electron chi connectivity index (χ4n) is 2.68. The molecule has 2 unspecified atom stereocenters. The molecule has 0 spiro atoms. The molecule has 0 bridgehead atoms. The van der Waals surface area contributed by atoms with Crippen molar-refractivity contribution in [2.45, 2.75) is 25.4 Å². The van der Waals surface area contributed by atoms with E-state index in [1.54, 1.807) is 0 Å². The fourth-order valence-corrected chi connectivity index (χ4v) is 2.68. The Balaban J connectivity index is 1.92. The summed E-state index contributed by atoms with van der Waals surface area (Å²) < 4.78 is 5.68. The predicted molar refractivity (Wildman–Crippen MR) is 75.5 cm³/mol. The molecule has 1 aliphatic rings. The molecule has 2 aromatic carbocycles. The molecule has 1 heterocycles. The highest BCUT2D eigenvalue weighted by atomic mass is 16.5. The molecule has 0 aromatic heterocycles. The maximum absolute atomic E-state index is 10.6. The zero-order valence-corrected chi connectivity index (χ0v) is 11.0. The zero-order chi connectivity index (χ0) is 13.2. The van der Waals surface area contributed by atoms with E-state index in [0.29, 0.717) is 0 Å². The minimum atomic E-state index is -0.532. The lowest BCUT2D eigenvalue weighted by Gasteiger charge is -2.21. The fraction of sp³-hybridized carbons (Fsp3) is 0.294. The Kier molecular flexibility index (Phi) is 3.26. The molecule has 0 fully saturated rings. The van der Waals surface area contributed by atoms with Crippen LogP contribution >= 0.6 is 0 Å². The van der Waals surface area contributed by atoms with Crippen LogP contribution in [0.25, 0.3) is 0 Å². The molecule has 0 saturated heterocycles. The minimum Gasteiger partial charge on any atom is -0.493 e. The second-order valence-corrected chi connectivity index (χ2v) is 5.08. The van der Waals surface area contributed by atoms with Gasteiger partial charge in [-0.25, -0.2) is 0 Å². The van der Waals surface area contributed by atoms with Crippen molar-refractivity contribution < 1.29 is 9.84 Å². The summed E-state index contributed by atoms with van der Waals surface area (Å²) in [5.41, 5.74) is 3.26. The smallest absolute Gasteiger partial charge is 0.128 e. The third-order valence-corrected chi connectivity index (χ3v) is 3.86. The first-order valence-electron chi connectivity index (χ1n) is 6.75. The van der Waals surface area contributed by atoms with E-state index >= 15 is 0 Å². The molecule has 3 rings (SSSR count). The van der Waals surface area contributed by atoms with E-state index in [0.717, 1.165) is 29.9 Å². The number of ether oxygens (including phenoxy) is 1. The van der Waals surface area contributed by atoms with Crippen molar-refractivity contribution in [3.63, 3.8) is 0 Å². The van der Waals surface area contributed by atoms with Gasteiger partial charge in [0.15, 0.2) is 0 Å². The minimum absolute atomic E-state index is 0.0527. The lowest BCUT2D eigenvalue weighted by molar-refractivity contribution is 0.147. The Morgan fingerprint density at radius 3 is 2.63 bits per heavy atom. The summed E-state index contributed by atoms with van der Waals surface area (Å²) in [7, 11) is 0. The summed E-state index contributed by atoms with van der Waals surface area (Å²) in [5.74, 6) is 0.940. The van der Waals surface area contributed by atoms with Crippen LogP contribution in [0.15, 0.2) is 48.5 Å². The molecule has 1 aliphatic heterocycles. The summed E-state index contributed by atoms with van der Waals surface area (Å²) in [5, 5.41) is 10.6. The van der Waals surface area contributed by atoms with Gasteiger partial charge in [0.25, 0.3) is 0 Å². The molecule has 0 aliphatic carbocycles. The Morgan fingerprint density at radius 1 is 1.05 bits per heavy atom. The van der Waals surface area contributed by atoms with Crippen LogP contribution in [0.2, 0.25) is 0 Å². The van der Waals surface area contributed by atoms with Crippen molar-refractivity contribution in [2.75, 3.05) is 6.61 Å². The number of aliphatic hydroxyl groups is 1. The summed E-state index contributed by atoms with van der Waals surface area (Å²) >= 11 is 0. The van der Waals surface area contributed by atoms with E-state index in [9.17, 15) is 5.11 Å². The molecule has 2 atom stereocenters. The molecular formula is C17H18O2. The number of rotatable bonds is 3. The van der Waals surface area contributed by atoms with Crippen molar-refractivity contribution in [1.82, 2.24) is 0 Å². The van der Waals surface area contributed by atoms with Gasteiger partial charge in [-0.1, -0.05) is 55.5 Å². The number of hydrogen-bond donors (Lipinski definition) is 1. The Bertz CT molecular complexity index is 563. The van der Waals surface area contributed by atoms with Gasteiger partial charge in [0, 0.05) is 17.9 Å². The topological polar surface area (TPSA) is 29.5 Å². The average Bonchev–Trinajstić information content (AvgIpc) is 2.95. The van der Waals surface area contributed by atoms with E-state index < -0.39 is 6.10 Å². The van der Waals surface area contributed by atoms with Gasteiger partial charge in [0.1, 0.15) is 5.75 Å². The summed E-state index contributed by atoms with van der Waals surface area (Å²) in [6.07, 6.45) is 0.408. The van der Waals surface area contributed by atoms with Crippen LogP contribution in [-0.4, -0.2) is 11.7 Å². The predicted octanol–water partition coefficient (Wildman–Crippen LogP) is 3.46. The maximum Gasteiger partial charge on any atom is 0.128 e. The molecule has 2 heteroatoms. The van der Waals surface area contributed by atoms with E-state index in [1.807, 2.05) is 37.3 Å². The molecule has 0 saturated carbocycles. The van der Waals surface area contributed by atoms with Crippen molar-refractivity contribution >= 4 is 0 Å². The Morgan fingerprint density at radius 2 is 1.84 bits per heavy atom. The first kappa shape index (κ1) is 12.2. The highest BCUT2D eigenvalue weighted by Crippen LogP contribution is 2.39. The number of hydrogen-bond acceptors (Lipinski definition) is 2. The van der Waals surface area contributed by atoms with Crippen LogP contribution in [0.1, 0.15) is 35.6 Å². The molecule has 19 heavy (non-hydrogen) atoms. The van der Waals surface area contributed by atoms with Gasteiger partial charge in [-0.2, -0.15) is 0 Å². The van der Waals surface area contributed by atoms with Gasteiger partial charge >= 0.3 is 0 Å². The normalized spacial score (nSPS) is 16.5. The highest BCUT2D eigenvalue weighted by molar-refractivity contribution is 5.46. The number of fused-ring (bicyclic) bond motifs is 1. The van der Waals surface area contributed by atoms with Crippen LogP contribution in [0.3, 0.4) is 0 Å². The summed E-state index contributed by atoms with van der Waals surface area (Å²) in [6, 6.07) is 16.2. The zero-order valence-electron chi connectivity index (χ0n) is 11.0. The van der Waals surface area contributed by atoms with Gasteiger partial charge in [0.05, 0.1) is 12.7 Å². The van der Waals surface area contributed by atoms with Crippen molar-refractivity contribution in [3.8, 4) is 5.75 Å². The molecule has 1 N–H and O–H groups in total. The summed E-state index contributed by atoms with van der Waals surface area (Å²) in [6.45, 7) is 2.77. The molecule has 0 radical (unpaired) electrons. The van der Waals surface area contributed by atoms with Gasteiger partial charge in [-0.15, -0.1) is 0 Å². The average molecular weight is 254 g/mol. The van der Waals surface area contributed by atoms with Gasteiger partial charge in [0.2, 0.25) is 0 Å². The van der Waals surface area contributed by atoms with Crippen LogP contribution in [-0.2, 0) is 6.42 Å². The van der Waals surface area contributed by atoms with Crippen molar-refractivity contribution in [2.24, 2.45) is 0 Å². The van der Waals surface area contributed by atoms with Gasteiger partial charge in [-0.05, 0) is 11.1 Å². The number of benzene rings is 2. The van der Waals surface area contributed by atoms with Gasteiger partial charge < -0.3 is 9.84 Å². The number of aliphatic hydroxyl groups excluding tert-OH is 1. The van der Waals surface area contributed by atoms with Crippen molar-refractivity contribution in [1.29, 1.82) is 0 Å². The van der Waals surface area contributed by atoms with E-state index in [2.05, 4.69) is 18.2 Å². The third-order valence-electron chi connectivity index (χ3n) is 3.86. The van der Waals surface area contributed by atoms with E-state index in [4.69, 9.17) is 4.74 Å². The Labute approximate surface area is 113 Å². The van der Waals surface area contributed by atoms with E-state index in [1.165, 1.54) is 5.56 Å². The largest absolute Gasteiger partial charge is 0.493 e. The summed E-state index contributed by atoms with van der Waals surface area (Å²) in [4.78, 5) is 0. The van der Waals surface area contributed by atoms with Gasteiger partial charge in [-0.3, -0.25) is 0 Å². The second-order valence-electron chi connectivity index (χ2n) is 5.08. The lowest BCUT2D eigenvalue weighted by Crippen LogP contribution is -2.09. The molecule has 2 nitrogen and oxygen atoms in total. The SMILES string of the molecule is CC(c1ccccc1)C(O)c1cccc2c1OCC2. The molecule has 98 valence electrons. The highest BCUT2D eigenvalue weighted by Gasteiger charge is 2.25. The standard InChI is InChI=1S/C17H18O2/c1-12(13-6-3-2-4-7-13)16(18)15-9-5-8-14-10-11-19-17(14)15/h2-9,12,16,18H,10-11H2,1H3. The van der Waals surface area contributed by atoms with Crippen LogP contribution in [0.4, 0.5) is 0 Å². The first-order chi connectivity index (χ1) is 9.27. The maximum atomic E-state index is 10.6. The van der Waals surface area contributed by atoms with Crippen LogP contribution in [0, 0.1) is 0 Å². The molecular weight excluding hydrogens is 236 g/mol. The molecule has 2 aromatic rings. The monoisotopic (exact) mass is 254 g/mol. The molecule has 0 amide bonds. The first-order valence-corrected chi connectivity index (χ1v) is 6.75. The van der Waals surface area contributed by atoms with E-state index in [-0.39, 0.29) is 5.92 Å². The lowest BCUT2D eigenvalue weighted by atomic mass is 9.89. The van der Waals surface area contributed by atoms with Crippen molar-refractivity contribution in [3.05, 3.63) is 65.2 Å². The van der Waals surface area contributed by atoms with Crippen LogP contribution < -0.4 is 4.74 Å².